The van der Waals surface area contributed by atoms with E-state index >= 15 is 0 Å². The second-order valence-corrected chi connectivity index (χ2v) is 3.95. The van der Waals surface area contributed by atoms with E-state index in [0.717, 1.165) is 0 Å². The average molecular weight is 275 g/mol. The van der Waals surface area contributed by atoms with Gasteiger partial charge in [-0.1, -0.05) is 46.3 Å². The van der Waals surface area contributed by atoms with Gasteiger partial charge in [0.25, 0.3) is 0 Å². The fourth-order valence-corrected chi connectivity index (χ4v) is 1.58. The minimum Gasteiger partial charge on any atom is -0.465 e. The van der Waals surface area contributed by atoms with Crippen LogP contribution in [0.15, 0.2) is 30.3 Å². The Hall–Kier alpha value is -0.900. The summed E-state index contributed by atoms with van der Waals surface area (Å²) in [5, 5.41) is 0. The Morgan fingerprint density at radius 2 is 2.07 bits per heavy atom. The number of hydrogen-bond donors (Lipinski definition) is 0. The topological polar surface area (TPSA) is 26.3 Å². The summed E-state index contributed by atoms with van der Waals surface area (Å²) >= 11 is 3.00. The Morgan fingerprint density at radius 1 is 1.47 bits per heavy atom. The molecule has 0 radical (unpaired) electrons. The van der Waals surface area contributed by atoms with E-state index in [1.165, 1.54) is 0 Å². The van der Waals surface area contributed by atoms with E-state index in [-0.39, 0.29) is 6.61 Å². The Labute approximate surface area is 96.6 Å². The minimum absolute atomic E-state index is 0.252. The summed E-state index contributed by atoms with van der Waals surface area (Å²) in [7, 11) is 0. The van der Waals surface area contributed by atoms with E-state index in [0.29, 0.717) is 5.56 Å². The van der Waals surface area contributed by atoms with Crippen LogP contribution in [0.25, 0.3) is 0 Å². The molecule has 2 nitrogen and oxygen atoms in total. The number of carbonyl (C=O) groups excluding carboxylic acids is 1. The Kier molecular flexibility index (Phi) is 4.75. The molecule has 0 aliphatic carbocycles. The number of carbonyl (C=O) groups is 1. The van der Waals surface area contributed by atoms with Crippen molar-refractivity contribution in [2.24, 2.45) is 0 Å². The zero-order valence-corrected chi connectivity index (χ0v) is 9.91. The van der Waals surface area contributed by atoms with Gasteiger partial charge >= 0.3 is 5.97 Å². The molecule has 2 atom stereocenters. The Bertz CT molecular complexity index is 316. The van der Waals surface area contributed by atoms with Crippen LogP contribution >= 0.6 is 15.9 Å². The predicted octanol–water partition coefficient (Wildman–Crippen LogP) is 3.02. The highest BCUT2D eigenvalue weighted by atomic mass is 79.9. The molecule has 1 rings (SSSR count). The molecule has 0 fully saturated rings. The van der Waals surface area contributed by atoms with E-state index in [2.05, 4.69) is 15.9 Å². The smallest absolute Gasteiger partial charge is 0.323 e. The van der Waals surface area contributed by atoms with Crippen LogP contribution in [-0.4, -0.2) is 17.4 Å². The van der Waals surface area contributed by atoms with Gasteiger partial charge in [-0.2, -0.15) is 0 Å². The monoisotopic (exact) mass is 274 g/mol. The summed E-state index contributed by atoms with van der Waals surface area (Å²) in [6, 6.07) is 8.53. The van der Waals surface area contributed by atoms with Gasteiger partial charge in [0.1, 0.15) is 11.0 Å². The first-order valence-electron chi connectivity index (χ1n) is 4.66. The number of halogens is 2. The number of hydrogen-bond acceptors (Lipinski definition) is 2. The maximum atomic E-state index is 13.8. The van der Waals surface area contributed by atoms with Crippen molar-refractivity contribution in [3.05, 3.63) is 35.9 Å². The summed E-state index contributed by atoms with van der Waals surface area (Å²) in [6.45, 7) is 1.94. The maximum Gasteiger partial charge on any atom is 0.323 e. The highest BCUT2D eigenvalue weighted by molar-refractivity contribution is 9.10. The molecule has 0 heterocycles. The zero-order chi connectivity index (χ0) is 11.3. The number of ether oxygens (including phenoxy) is 1. The molecule has 82 valence electrons. The van der Waals surface area contributed by atoms with Gasteiger partial charge in [0.05, 0.1) is 6.61 Å². The SMILES string of the molecule is CCOC(=O)[C@H](Br)[C@@H](F)c1ccccc1. The molecule has 0 aromatic heterocycles. The van der Waals surface area contributed by atoms with Gasteiger partial charge in [-0.15, -0.1) is 0 Å². The predicted molar refractivity (Wildman–Crippen MR) is 59.6 cm³/mol. The molecule has 15 heavy (non-hydrogen) atoms. The standard InChI is InChI=1S/C11H12BrFO2/c1-2-15-11(14)9(12)10(13)8-6-4-3-5-7-8/h3-7,9-10H,2H2,1H3/t9-,10+/m1/s1. The highest BCUT2D eigenvalue weighted by Gasteiger charge is 2.27. The van der Waals surface area contributed by atoms with Gasteiger partial charge in [0, 0.05) is 0 Å². The fraction of sp³-hybridized carbons (Fsp3) is 0.364. The quantitative estimate of drug-likeness (QED) is 0.623. The lowest BCUT2D eigenvalue weighted by Crippen LogP contribution is -2.22. The van der Waals surface area contributed by atoms with Gasteiger partial charge in [-0.05, 0) is 12.5 Å². The van der Waals surface area contributed by atoms with Gasteiger partial charge in [-0.25, -0.2) is 4.39 Å². The van der Waals surface area contributed by atoms with Crippen molar-refractivity contribution in [2.45, 2.75) is 17.9 Å². The Balaban J connectivity index is 2.68. The molecule has 0 amide bonds. The third kappa shape index (κ3) is 3.30. The van der Waals surface area contributed by atoms with Gasteiger partial charge in [0.2, 0.25) is 0 Å². The first-order chi connectivity index (χ1) is 7.16. The second kappa shape index (κ2) is 5.85. The Morgan fingerprint density at radius 3 is 2.60 bits per heavy atom. The maximum absolute atomic E-state index is 13.8. The molecule has 1 aromatic rings. The van der Waals surface area contributed by atoms with Crippen LogP contribution in [-0.2, 0) is 9.53 Å². The molecule has 0 spiro atoms. The first-order valence-corrected chi connectivity index (χ1v) is 5.58. The summed E-state index contributed by atoms with van der Waals surface area (Å²) in [5.74, 6) is -0.575. The van der Waals surface area contributed by atoms with Crippen molar-refractivity contribution in [2.75, 3.05) is 6.61 Å². The molecule has 0 unspecified atom stereocenters. The van der Waals surface area contributed by atoms with E-state index in [1.807, 2.05) is 0 Å². The van der Waals surface area contributed by atoms with Crippen molar-refractivity contribution in [1.29, 1.82) is 0 Å². The van der Waals surface area contributed by atoms with E-state index in [4.69, 9.17) is 4.74 Å². The average Bonchev–Trinajstić information content (AvgIpc) is 2.28. The fourth-order valence-electron chi connectivity index (χ4n) is 1.15. The molecule has 0 N–H and O–H groups in total. The van der Waals surface area contributed by atoms with Crippen molar-refractivity contribution in [1.82, 2.24) is 0 Å². The summed E-state index contributed by atoms with van der Waals surface area (Å²) in [5.41, 5.74) is 0.465. The van der Waals surface area contributed by atoms with Gasteiger partial charge in [-0.3, -0.25) is 4.79 Å². The lowest BCUT2D eigenvalue weighted by Gasteiger charge is -2.13. The lowest BCUT2D eigenvalue weighted by atomic mass is 10.1. The van der Waals surface area contributed by atoms with Crippen LogP contribution in [0, 0.1) is 0 Å². The molecule has 0 saturated heterocycles. The molecule has 1 aromatic carbocycles. The normalized spacial score (nSPS) is 14.3. The number of rotatable bonds is 4. The van der Waals surface area contributed by atoms with Crippen LogP contribution in [0.4, 0.5) is 4.39 Å². The van der Waals surface area contributed by atoms with Crippen molar-refractivity contribution >= 4 is 21.9 Å². The third-order valence-corrected chi connectivity index (χ3v) is 2.72. The van der Waals surface area contributed by atoms with E-state index in [9.17, 15) is 9.18 Å². The van der Waals surface area contributed by atoms with Crippen LogP contribution in [0.3, 0.4) is 0 Å². The number of esters is 1. The van der Waals surface area contributed by atoms with Crippen molar-refractivity contribution < 1.29 is 13.9 Å². The largest absolute Gasteiger partial charge is 0.465 e. The summed E-state index contributed by atoms with van der Waals surface area (Å²) < 4.78 is 18.5. The molecule has 0 aliphatic rings. The molecule has 0 saturated carbocycles. The molecular formula is C11H12BrFO2. The van der Waals surface area contributed by atoms with E-state index < -0.39 is 17.0 Å². The molecule has 0 bridgehead atoms. The molecular weight excluding hydrogens is 263 g/mol. The number of alkyl halides is 2. The molecule has 4 heteroatoms. The van der Waals surface area contributed by atoms with Gasteiger partial charge in [0.15, 0.2) is 0 Å². The van der Waals surface area contributed by atoms with Crippen LogP contribution in [0.2, 0.25) is 0 Å². The number of benzene rings is 1. The van der Waals surface area contributed by atoms with Crippen LogP contribution in [0.5, 0.6) is 0 Å². The van der Waals surface area contributed by atoms with Crippen molar-refractivity contribution in [3.63, 3.8) is 0 Å². The van der Waals surface area contributed by atoms with Crippen LogP contribution < -0.4 is 0 Å². The second-order valence-electron chi connectivity index (χ2n) is 2.97. The summed E-state index contributed by atoms with van der Waals surface area (Å²) in [6.07, 6.45) is -1.38. The summed E-state index contributed by atoms with van der Waals surface area (Å²) in [4.78, 5) is 10.3. The zero-order valence-electron chi connectivity index (χ0n) is 8.32. The third-order valence-electron chi connectivity index (χ3n) is 1.89. The minimum atomic E-state index is -1.38. The lowest BCUT2D eigenvalue weighted by molar-refractivity contribution is -0.143. The van der Waals surface area contributed by atoms with Crippen LogP contribution in [0.1, 0.15) is 18.7 Å². The highest BCUT2D eigenvalue weighted by Crippen LogP contribution is 2.27. The van der Waals surface area contributed by atoms with Gasteiger partial charge < -0.3 is 4.74 Å². The van der Waals surface area contributed by atoms with E-state index in [1.54, 1.807) is 37.3 Å². The first kappa shape index (κ1) is 12.2. The molecule has 0 aliphatic heterocycles. The van der Waals surface area contributed by atoms with Crippen molar-refractivity contribution in [3.8, 4) is 0 Å².